The molecule has 1 aromatic carbocycles. The van der Waals surface area contributed by atoms with Gasteiger partial charge in [0.2, 0.25) is 5.95 Å². The predicted octanol–water partition coefficient (Wildman–Crippen LogP) is 3.96. The zero-order valence-corrected chi connectivity index (χ0v) is 16.5. The number of rotatable bonds is 2. The van der Waals surface area contributed by atoms with Crippen molar-refractivity contribution in [2.75, 3.05) is 24.6 Å². The minimum Gasteiger partial charge on any atom is -0.371 e. The minimum absolute atomic E-state index is 0.0118. The van der Waals surface area contributed by atoms with Crippen LogP contribution in [0.2, 0.25) is 0 Å². The SMILES string of the molecule is Cn1c(-c2ccc3ccccc3n2)nnc1N1CCOC2(CCCCCC2)C1. The molecule has 0 atom stereocenters. The van der Waals surface area contributed by atoms with Gasteiger partial charge in [-0.25, -0.2) is 4.98 Å². The van der Waals surface area contributed by atoms with E-state index in [1.807, 2.05) is 31.3 Å². The summed E-state index contributed by atoms with van der Waals surface area (Å²) in [6.07, 6.45) is 7.48. The highest BCUT2D eigenvalue weighted by molar-refractivity contribution is 5.80. The third kappa shape index (κ3) is 3.15. The summed E-state index contributed by atoms with van der Waals surface area (Å²) < 4.78 is 8.38. The Morgan fingerprint density at radius 2 is 1.79 bits per heavy atom. The number of morpholine rings is 1. The molecule has 28 heavy (non-hydrogen) atoms. The van der Waals surface area contributed by atoms with E-state index in [0.29, 0.717) is 0 Å². The van der Waals surface area contributed by atoms with Crippen molar-refractivity contribution in [3.63, 3.8) is 0 Å². The van der Waals surface area contributed by atoms with E-state index in [2.05, 4.69) is 31.8 Å². The fourth-order valence-corrected chi connectivity index (χ4v) is 4.70. The number of benzene rings is 1. The molecule has 6 heteroatoms. The number of anilines is 1. The summed E-state index contributed by atoms with van der Waals surface area (Å²) in [6, 6.07) is 12.3. The van der Waals surface area contributed by atoms with Crippen molar-refractivity contribution in [2.24, 2.45) is 7.05 Å². The maximum atomic E-state index is 6.31. The van der Waals surface area contributed by atoms with Crippen LogP contribution >= 0.6 is 0 Å². The molecule has 2 aromatic heterocycles. The smallest absolute Gasteiger partial charge is 0.227 e. The predicted molar refractivity (Wildman–Crippen MR) is 110 cm³/mol. The van der Waals surface area contributed by atoms with Crippen LogP contribution in [0.25, 0.3) is 22.4 Å². The van der Waals surface area contributed by atoms with Gasteiger partial charge in [0, 0.05) is 25.5 Å². The average molecular weight is 377 g/mol. The number of pyridine rings is 1. The van der Waals surface area contributed by atoms with Gasteiger partial charge in [0.05, 0.1) is 17.7 Å². The molecule has 1 spiro atoms. The lowest BCUT2D eigenvalue weighted by Crippen LogP contribution is -2.52. The molecule has 2 fully saturated rings. The van der Waals surface area contributed by atoms with Gasteiger partial charge >= 0.3 is 0 Å². The number of nitrogens with zero attached hydrogens (tertiary/aromatic N) is 5. The molecule has 0 bridgehead atoms. The van der Waals surface area contributed by atoms with E-state index in [1.54, 1.807) is 0 Å². The van der Waals surface area contributed by atoms with Crippen LogP contribution in [-0.4, -0.2) is 45.0 Å². The second-order valence-electron chi connectivity index (χ2n) is 8.14. The van der Waals surface area contributed by atoms with Crippen molar-refractivity contribution in [1.82, 2.24) is 19.7 Å². The number of fused-ring (bicyclic) bond motifs is 1. The molecule has 1 saturated carbocycles. The van der Waals surface area contributed by atoms with Crippen LogP contribution in [0.5, 0.6) is 0 Å². The first-order valence-corrected chi connectivity index (χ1v) is 10.4. The summed E-state index contributed by atoms with van der Waals surface area (Å²) in [5, 5.41) is 10.2. The molecule has 0 radical (unpaired) electrons. The summed E-state index contributed by atoms with van der Waals surface area (Å²) in [5.74, 6) is 1.72. The highest BCUT2D eigenvalue weighted by atomic mass is 16.5. The maximum absolute atomic E-state index is 6.31. The second-order valence-corrected chi connectivity index (χ2v) is 8.14. The van der Waals surface area contributed by atoms with Crippen molar-refractivity contribution in [2.45, 2.75) is 44.1 Å². The van der Waals surface area contributed by atoms with Crippen LogP contribution in [0.4, 0.5) is 5.95 Å². The zero-order chi connectivity index (χ0) is 19.0. The van der Waals surface area contributed by atoms with Gasteiger partial charge in [-0.05, 0) is 25.0 Å². The molecule has 0 amide bonds. The van der Waals surface area contributed by atoms with Crippen molar-refractivity contribution < 1.29 is 4.74 Å². The number of aromatic nitrogens is 4. The Hall–Kier alpha value is -2.47. The Morgan fingerprint density at radius 1 is 0.964 bits per heavy atom. The molecule has 0 N–H and O–H groups in total. The van der Waals surface area contributed by atoms with Gasteiger partial charge in [-0.3, -0.25) is 4.57 Å². The highest BCUT2D eigenvalue weighted by Gasteiger charge is 2.38. The number of hydrogen-bond donors (Lipinski definition) is 0. The van der Waals surface area contributed by atoms with Crippen LogP contribution in [0.3, 0.4) is 0 Å². The minimum atomic E-state index is -0.0118. The van der Waals surface area contributed by atoms with E-state index < -0.39 is 0 Å². The van der Waals surface area contributed by atoms with E-state index in [9.17, 15) is 0 Å². The topological polar surface area (TPSA) is 56.1 Å². The molecule has 2 aliphatic rings. The van der Waals surface area contributed by atoms with E-state index >= 15 is 0 Å². The van der Waals surface area contributed by atoms with Crippen molar-refractivity contribution in [1.29, 1.82) is 0 Å². The first-order chi connectivity index (χ1) is 13.7. The molecule has 0 unspecified atom stereocenters. The maximum Gasteiger partial charge on any atom is 0.227 e. The van der Waals surface area contributed by atoms with Crippen molar-refractivity contribution in [3.8, 4) is 11.5 Å². The van der Waals surface area contributed by atoms with Gasteiger partial charge in [0.1, 0.15) is 5.69 Å². The molecule has 1 aliphatic heterocycles. The first-order valence-electron chi connectivity index (χ1n) is 10.4. The normalized spacial score (nSPS) is 19.8. The quantitative estimate of drug-likeness (QED) is 0.677. The van der Waals surface area contributed by atoms with Gasteiger partial charge in [-0.15, -0.1) is 10.2 Å². The standard InChI is InChI=1S/C22H27N5O/c1-26-20(19-11-10-17-8-4-5-9-18(17)23-19)24-25-21(26)27-14-15-28-22(16-27)12-6-2-3-7-13-22/h4-5,8-11H,2-3,6-7,12-16H2,1H3. The van der Waals surface area contributed by atoms with Crippen molar-refractivity contribution >= 4 is 16.9 Å². The third-order valence-corrected chi connectivity index (χ3v) is 6.23. The van der Waals surface area contributed by atoms with Crippen LogP contribution in [0.1, 0.15) is 38.5 Å². The summed E-state index contributed by atoms with van der Waals surface area (Å²) in [7, 11) is 2.04. The molecule has 3 aromatic rings. The largest absolute Gasteiger partial charge is 0.371 e. The first kappa shape index (κ1) is 17.6. The average Bonchev–Trinajstić information content (AvgIpc) is 2.97. The molecule has 6 nitrogen and oxygen atoms in total. The molecule has 146 valence electrons. The second kappa shape index (κ2) is 7.17. The zero-order valence-electron chi connectivity index (χ0n) is 16.5. The third-order valence-electron chi connectivity index (χ3n) is 6.23. The number of para-hydroxylation sites is 1. The molecule has 5 rings (SSSR count). The molecule has 1 aliphatic carbocycles. The Balaban J connectivity index is 1.44. The van der Waals surface area contributed by atoms with Crippen LogP contribution in [-0.2, 0) is 11.8 Å². The fraction of sp³-hybridized carbons (Fsp3) is 0.500. The fourth-order valence-electron chi connectivity index (χ4n) is 4.70. The molecular weight excluding hydrogens is 350 g/mol. The van der Waals surface area contributed by atoms with E-state index in [4.69, 9.17) is 9.72 Å². The Bertz CT molecular complexity index is 974. The van der Waals surface area contributed by atoms with Gasteiger partial charge in [-0.1, -0.05) is 49.9 Å². The lowest BCUT2D eigenvalue weighted by Gasteiger charge is -2.42. The van der Waals surface area contributed by atoms with Crippen LogP contribution in [0, 0.1) is 0 Å². The van der Waals surface area contributed by atoms with E-state index in [1.165, 1.54) is 25.7 Å². The molecule has 1 saturated heterocycles. The van der Waals surface area contributed by atoms with E-state index in [0.717, 1.165) is 60.9 Å². The monoisotopic (exact) mass is 377 g/mol. The number of ether oxygens (including phenoxy) is 1. The Kier molecular flexibility index (Phi) is 4.51. The molecular formula is C22H27N5O. The van der Waals surface area contributed by atoms with Gasteiger partial charge < -0.3 is 9.64 Å². The van der Waals surface area contributed by atoms with Crippen LogP contribution < -0.4 is 4.90 Å². The van der Waals surface area contributed by atoms with Crippen molar-refractivity contribution in [3.05, 3.63) is 36.4 Å². The van der Waals surface area contributed by atoms with Gasteiger partial charge in [0.15, 0.2) is 5.82 Å². The van der Waals surface area contributed by atoms with E-state index in [-0.39, 0.29) is 5.60 Å². The van der Waals surface area contributed by atoms with Gasteiger partial charge in [0.25, 0.3) is 0 Å². The summed E-state index contributed by atoms with van der Waals surface area (Å²) >= 11 is 0. The molecule has 3 heterocycles. The lowest BCUT2D eigenvalue weighted by atomic mass is 9.92. The number of hydrogen-bond acceptors (Lipinski definition) is 5. The lowest BCUT2D eigenvalue weighted by molar-refractivity contribution is -0.0657. The highest BCUT2D eigenvalue weighted by Crippen LogP contribution is 2.35. The summed E-state index contributed by atoms with van der Waals surface area (Å²) in [5.41, 5.74) is 1.83. The summed E-state index contributed by atoms with van der Waals surface area (Å²) in [4.78, 5) is 7.15. The van der Waals surface area contributed by atoms with Gasteiger partial charge in [-0.2, -0.15) is 0 Å². The summed E-state index contributed by atoms with van der Waals surface area (Å²) in [6.45, 7) is 2.53. The Morgan fingerprint density at radius 3 is 2.64 bits per heavy atom. The Labute approximate surface area is 165 Å². The van der Waals surface area contributed by atoms with Crippen LogP contribution in [0.15, 0.2) is 36.4 Å².